The first-order valence-electron chi connectivity index (χ1n) is 9.51. The maximum atomic E-state index is 13.5. The summed E-state index contributed by atoms with van der Waals surface area (Å²) in [5.41, 5.74) is 3.42. The van der Waals surface area contributed by atoms with Crippen LogP contribution in [-0.4, -0.2) is 24.7 Å². The molecule has 0 bridgehead atoms. The van der Waals surface area contributed by atoms with Crippen molar-refractivity contribution in [1.29, 1.82) is 0 Å². The molecule has 0 unspecified atom stereocenters. The normalized spacial score (nSPS) is 11.4. The number of ether oxygens (including phenoxy) is 1. The van der Waals surface area contributed by atoms with Gasteiger partial charge in [-0.3, -0.25) is 19.1 Å². The number of pyridine rings is 1. The summed E-state index contributed by atoms with van der Waals surface area (Å²) in [6, 6.07) is 8.53. The molecule has 34 heavy (non-hydrogen) atoms. The molecule has 1 aromatic carbocycles. The Morgan fingerprint density at radius 1 is 1.18 bits per heavy atom. The Kier molecular flexibility index (Phi) is 6.07. The standard InChI is InChI=1S/C21H14ClF3N6O3/c22-13-5-14(26)7-15(6-13)34-17-18(21(23,24)25)28-10-31(20(17)33)9-12-4-16(29-30-19(12)32)11-2-1-3-27-8-11/h1-8,10H,9,26H2,(H,30,32). The zero-order valence-electron chi connectivity index (χ0n) is 17.0. The Hall–Kier alpha value is -4.19. The summed E-state index contributed by atoms with van der Waals surface area (Å²) in [6.07, 6.45) is -1.23. The number of alkyl halides is 3. The number of nitrogen functional groups attached to an aromatic ring is 1. The van der Waals surface area contributed by atoms with Crippen molar-refractivity contribution in [3.63, 3.8) is 0 Å². The first-order chi connectivity index (χ1) is 16.1. The van der Waals surface area contributed by atoms with Crippen molar-refractivity contribution in [1.82, 2.24) is 24.7 Å². The molecule has 3 heterocycles. The number of hydrogen-bond acceptors (Lipinski definition) is 7. The highest BCUT2D eigenvalue weighted by Crippen LogP contribution is 2.35. The molecule has 0 aliphatic carbocycles. The van der Waals surface area contributed by atoms with Gasteiger partial charge in [0.2, 0.25) is 5.75 Å². The number of nitrogens with two attached hydrogens (primary N) is 1. The summed E-state index contributed by atoms with van der Waals surface area (Å²) in [6.45, 7) is -0.400. The summed E-state index contributed by atoms with van der Waals surface area (Å²) < 4.78 is 46.7. The summed E-state index contributed by atoms with van der Waals surface area (Å²) in [5, 5.41) is 6.33. The number of aromatic amines is 1. The maximum Gasteiger partial charge on any atom is 0.437 e. The van der Waals surface area contributed by atoms with E-state index in [4.69, 9.17) is 22.1 Å². The molecular formula is C21H14ClF3N6O3. The Labute approximate surface area is 193 Å². The van der Waals surface area contributed by atoms with Crippen LogP contribution in [0, 0.1) is 0 Å². The van der Waals surface area contributed by atoms with E-state index in [0.717, 1.165) is 4.57 Å². The van der Waals surface area contributed by atoms with E-state index in [2.05, 4.69) is 20.2 Å². The van der Waals surface area contributed by atoms with Crippen LogP contribution in [-0.2, 0) is 12.7 Å². The van der Waals surface area contributed by atoms with Crippen molar-refractivity contribution in [3.8, 4) is 22.8 Å². The third kappa shape index (κ3) is 4.91. The third-order valence-corrected chi connectivity index (χ3v) is 4.78. The van der Waals surface area contributed by atoms with Crippen LogP contribution in [0.4, 0.5) is 18.9 Å². The average Bonchev–Trinajstić information content (AvgIpc) is 2.77. The number of halogens is 4. The molecule has 4 aromatic rings. The van der Waals surface area contributed by atoms with Crippen LogP contribution in [0.25, 0.3) is 11.3 Å². The molecule has 0 fully saturated rings. The summed E-state index contributed by atoms with van der Waals surface area (Å²) in [4.78, 5) is 32.6. The second kappa shape index (κ2) is 8.98. The predicted molar refractivity (Wildman–Crippen MR) is 117 cm³/mol. The lowest BCUT2D eigenvalue weighted by Crippen LogP contribution is -2.28. The van der Waals surface area contributed by atoms with E-state index in [1.54, 1.807) is 18.3 Å². The fourth-order valence-electron chi connectivity index (χ4n) is 3.05. The zero-order valence-corrected chi connectivity index (χ0v) is 17.8. The van der Waals surface area contributed by atoms with E-state index >= 15 is 0 Å². The van der Waals surface area contributed by atoms with Crippen LogP contribution >= 0.6 is 11.6 Å². The van der Waals surface area contributed by atoms with E-state index in [1.165, 1.54) is 30.5 Å². The van der Waals surface area contributed by atoms with Gasteiger partial charge >= 0.3 is 6.18 Å². The van der Waals surface area contributed by atoms with Gasteiger partial charge in [-0.1, -0.05) is 11.6 Å². The molecule has 0 radical (unpaired) electrons. The van der Waals surface area contributed by atoms with Crippen molar-refractivity contribution in [2.75, 3.05) is 5.73 Å². The molecule has 174 valence electrons. The quantitative estimate of drug-likeness (QED) is 0.410. The van der Waals surface area contributed by atoms with Gasteiger partial charge in [-0.15, -0.1) is 0 Å². The Morgan fingerprint density at radius 2 is 1.97 bits per heavy atom. The van der Waals surface area contributed by atoms with Crippen LogP contribution < -0.4 is 21.6 Å². The molecule has 0 aliphatic rings. The largest absolute Gasteiger partial charge is 0.449 e. The summed E-state index contributed by atoms with van der Waals surface area (Å²) >= 11 is 5.88. The zero-order chi connectivity index (χ0) is 24.5. The molecule has 4 rings (SSSR count). The molecule has 3 aromatic heterocycles. The molecular weight excluding hydrogens is 477 g/mol. The lowest BCUT2D eigenvalue weighted by Gasteiger charge is -2.15. The van der Waals surface area contributed by atoms with E-state index in [0.29, 0.717) is 17.6 Å². The monoisotopic (exact) mass is 490 g/mol. The second-order valence-corrected chi connectivity index (χ2v) is 7.46. The van der Waals surface area contributed by atoms with Crippen molar-refractivity contribution in [2.24, 2.45) is 0 Å². The maximum absolute atomic E-state index is 13.5. The molecule has 0 atom stereocenters. The molecule has 0 aliphatic heterocycles. The van der Waals surface area contributed by atoms with Crippen LogP contribution in [0.5, 0.6) is 11.5 Å². The van der Waals surface area contributed by atoms with Crippen molar-refractivity contribution in [3.05, 3.63) is 92.1 Å². The summed E-state index contributed by atoms with van der Waals surface area (Å²) in [7, 11) is 0. The number of nitrogens with zero attached hydrogens (tertiary/aromatic N) is 4. The number of rotatable bonds is 5. The van der Waals surface area contributed by atoms with Gasteiger partial charge in [-0.25, -0.2) is 10.1 Å². The van der Waals surface area contributed by atoms with Gasteiger partial charge in [0.1, 0.15) is 5.75 Å². The second-order valence-electron chi connectivity index (χ2n) is 7.02. The predicted octanol–water partition coefficient (Wildman–Crippen LogP) is 3.48. The fourth-order valence-corrected chi connectivity index (χ4v) is 3.28. The number of H-pyrrole nitrogens is 1. The Bertz CT molecular complexity index is 1450. The van der Waals surface area contributed by atoms with Gasteiger partial charge in [0.15, 0.2) is 5.69 Å². The number of benzene rings is 1. The Balaban J connectivity index is 1.78. The molecule has 3 N–H and O–H groups in total. The minimum absolute atomic E-state index is 0.0514. The smallest absolute Gasteiger partial charge is 0.437 e. The highest BCUT2D eigenvalue weighted by molar-refractivity contribution is 6.31. The molecule has 0 amide bonds. The first kappa shape index (κ1) is 23.0. The van der Waals surface area contributed by atoms with Gasteiger partial charge < -0.3 is 10.5 Å². The van der Waals surface area contributed by atoms with Crippen LogP contribution in [0.3, 0.4) is 0 Å². The lowest BCUT2D eigenvalue weighted by atomic mass is 10.1. The number of anilines is 1. The highest BCUT2D eigenvalue weighted by atomic mass is 35.5. The SMILES string of the molecule is Nc1cc(Cl)cc(Oc2c(C(F)(F)F)ncn(Cc3cc(-c4cccnc4)n[nH]c3=O)c2=O)c1. The van der Waals surface area contributed by atoms with Gasteiger partial charge in [0, 0.05) is 40.3 Å². The van der Waals surface area contributed by atoms with Crippen molar-refractivity contribution in [2.45, 2.75) is 12.7 Å². The topological polar surface area (TPSA) is 129 Å². The van der Waals surface area contributed by atoms with Gasteiger partial charge in [-0.05, 0) is 30.3 Å². The highest BCUT2D eigenvalue weighted by Gasteiger charge is 2.38. The Morgan fingerprint density at radius 3 is 2.65 bits per heavy atom. The number of aromatic nitrogens is 5. The minimum Gasteiger partial charge on any atom is -0.449 e. The van der Waals surface area contributed by atoms with E-state index in [1.807, 2.05) is 0 Å². The fraction of sp³-hybridized carbons (Fsp3) is 0.0952. The number of hydrogen-bond donors (Lipinski definition) is 2. The third-order valence-electron chi connectivity index (χ3n) is 4.56. The van der Waals surface area contributed by atoms with E-state index < -0.39 is 35.3 Å². The average molecular weight is 491 g/mol. The van der Waals surface area contributed by atoms with Crippen LogP contribution in [0.1, 0.15) is 11.3 Å². The van der Waals surface area contributed by atoms with Crippen LogP contribution in [0.15, 0.2) is 64.7 Å². The molecule has 9 nitrogen and oxygen atoms in total. The first-order valence-corrected chi connectivity index (χ1v) is 9.89. The number of nitrogens with one attached hydrogen (secondary N) is 1. The van der Waals surface area contributed by atoms with Crippen LogP contribution in [0.2, 0.25) is 5.02 Å². The van der Waals surface area contributed by atoms with E-state index in [9.17, 15) is 22.8 Å². The molecule has 0 spiro atoms. The van der Waals surface area contributed by atoms with Crippen molar-refractivity contribution >= 4 is 17.3 Å². The van der Waals surface area contributed by atoms with E-state index in [-0.39, 0.29) is 22.0 Å². The van der Waals surface area contributed by atoms with Gasteiger partial charge in [-0.2, -0.15) is 18.3 Å². The molecule has 0 saturated heterocycles. The lowest BCUT2D eigenvalue weighted by molar-refractivity contribution is -0.142. The molecule has 13 heteroatoms. The minimum atomic E-state index is -4.99. The summed E-state index contributed by atoms with van der Waals surface area (Å²) in [5.74, 6) is -1.28. The molecule has 0 saturated carbocycles. The van der Waals surface area contributed by atoms with Crippen molar-refractivity contribution < 1.29 is 17.9 Å². The van der Waals surface area contributed by atoms with Gasteiger partial charge in [0.05, 0.1) is 18.6 Å². The van der Waals surface area contributed by atoms with Gasteiger partial charge in [0.25, 0.3) is 11.1 Å².